The fraction of sp³-hybridized carbons (Fsp3) is 0.389. The summed E-state index contributed by atoms with van der Waals surface area (Å²) in [7, 11) is 0. The second-order valence-electron chi connectivity index (χ2n) is 5.94. The molecule has 6 nitrogen and oxygen atoms in total. The Balaban J connectivity index is 1.66. The highest BCUT2D eigenvalue weighted by atomic mass is 16.3. The molecule has 2 amide bonds. The third kappa shape index (κ3) is 3.64. The first kappa shape index (κ1) is 16.2. The predicted octanol–water partition coefficient (Wildman–Crippen LogP) is 2.93. The molecule has 0 saturated carbocycles. The number of hydrogen-bond acceptors (Lipinski definition) is 4. The van der Waals surface area contributed by atoms with Crippen LogP contribution in [0.3, 0.4) is 0 Å². The van der Waals surface area contributed by atoms with E-state index in [2.05, 4.69) is 10.3 Å². The smallest absolute Gasteiger partial charge is 0.229 e. The monoisotopic (exact) mass is 327 g/mol. The van der Waals surface area contributed by atoms with E-state index < -0.39 is 0 Å². The van der Waals surface area contributed by atoms with Crippen LogP contribution in [0.5, 0.6) is 0 Å². The molecule has 2 aromatic rings. The zero-order chi connectivity index (χ0) is 16.9. The van der Waals surface area contributed by atoms with Crippen LogP contribution < -0.4 is 5.32 Å². The third-order valence-electron chi connectivity index (χ3n) is 4.26. The molecule has 1 N–H and O–H groups in total. The van der Waals surface area contributed by atoms with Gasteiger partial charge in [-0.1, -0.05) is 13.0 Å². The van der Waals surface area contributed by atoms with Gasteiger partial charge in [-0.2, -0.15) is 0 Å². The molecule has 1 aliphatic rings. The number of carbonyl (C=O) groups excluding carboxylic acids is 2. The molecule has 6 heteroatoms. The maximum Gasteiger partial charge on any atom is 0.229 e. The first-order valence-corrected chi connectivity index (χ1v) is 8.26. The normalized spacial score (nSPS) is 17.5. The molecule has 0 aliphatic carbocycles. The van der Waals surface area contributed by atoms with Crippen molar-refractivity contribution in [1.82, 2.24) is 9.88 Å². The summed E-state index contributed by atoms with van der Waals surface area (Å²) in [6.07, 6.45) is 5.25. The lowest BCUT2D eigenvalue weighted by Crippen LogP contribution is -2.43. The van der Waals surface area contributed by atoms with Crippen LogP contribution in [0.4, 0.5) is 5.69 Å². The predicted molar refractivity (Wildman–Crippen MR) is 90.2 cm³/mol. The molecule has 3 rings (SSSR count). The maximum absolute atomic E-state index is 12.5. The Bertz CT molecular complexity index is 712. The summed E-state index contributed by atoms with van der Waals surface area (Å²) in [4.78, 5) is 30.3. The van der Waals surface area contributed by atoms with E-state index in [0.29, 0.717) is 24.5 Å². The number of amides is 2. The molecular weight excluding hydrogens is 306 g/mol. The van der Waals surface area contributed by atoms with Gasteiger partial charge in [-0.25, -0.2) is 4.98 Å². The van der Waals surface area contributed by atoms with E-state index in [4.69, 9.17) is 4.42 Å². The average molecular weight is 327 g/mol. The number of benzene rings is 1. The quantitative estimate of drug-likeness (QED) is 0.937. The van der Waals surface area contributed by atoms with Crippen LogP contribution >= 0.6 is 0 Å². The summed E-state index contributed by atoms with van der Waals surface area (Å²) in [6, 6.07) is 7.40. The molecular formula is C18H21N3O3. The van der Waals surface area contributed by atoms with Crippen LogP contribution in [-0.4, -0.2) is 34.8 Å². The summed E-state index contributed by atoms with van der Waals surface area (Å²) in [5.74, 6) is 0.412. The molecule has 2 heterocycles. The van der Waals surface area contributed by atoms with Gasteiger partial charge in [0, 0.05) is 30.8 Å². The minimum Gasteiger partial charge on any atom is -0.445 e. The number of likely N-dealkylation sites (tertiary alicyclic amines) is 1. The Kier molecular flexibility index (Phi) is 4.93. The van der Waals surface area contributed by atoms with Crippen molar-refractivity contribution in [3.8, 4) is 11.5 Å². The van der Waals surface area contributed by atoms with Crippen molar-refractivity contribution in [3.63, 3.8) is 0 Å². The highest BCUT2D eigenvalue weighted by Crippen LogP contribution is 2.23. The van der Waals surface area contributed by atoms with Gasteiger partial charge in [-0.05, 0) is 31.0 Å². The van der Waals surface area contributed by atoms with E-state index in [1.807, 2.05) is 31.2 Å². The fourth-order valence-electron chi connectivity index (χ4n) is 2.98. The summed E-state index contributed by atoms with van der Waals surface area (Å²) in [6.45, 7) is 3.09. The third-order valence-corrected chi connectivity index (χ3v) is 4.26. The Morgan fingerprint density at radius 3 is 3.04 bits per heavy atom. The molecule has 1 fully saturated rings. The molecule has 1 aliphatic heterocycles. The molecule has 0 unspecified atom stereocenters. The Hall–Kier alpha value is -2.63. The lowest BCUT2D eigenvalue weighted by molar-refractivity contribution is -0.134. The van der Waals surface area contributed by atoms with Gasteiger partial charge in [0.25, 0.3) is 0 Å². The van der Waals surface area contributed by atoms with Crippen LogP contribution in [0.25, 0.3) is 11.5 Å². The van der Waals surface area contributed by atoms with Gasteiger partial charge >= 0.3 is 0 Å². The second-order valence-corrected chi connectivity index (χ2v) is 5.94. The molecule has 0 spiro atoms. The standard InChI is InChI=1S/C18H21N3O3/c1-2-16(22)21-9-4-6-14(12-21)17(23)20-15-7-3-5-13(11-15)18-19-8-10-24-18/h3,5,7-8,10-11,14H,2,4,6,9,12H2,1H3,(H,20,23)/t14-/m0/s1. The molecule has 126 valence electrons. The SMILES string of the molecule is CCC(=O)N1CCC[C@H](C(=O)Nc2cccc(-c3ncco3)c2)C1. The lowest BCUT2D eigenvalue weighted by Gasteiger charge is -2.31. The molecule has 1 aromatic heterocycles. The largest absolute Gasteiger partial charge is 0.445 e. The second kappa shape index (κ2) is 7.29. The molecule has 1 saturated heterocycles. The van der Waals surface area contributed by atoms with Crippen LogP contribution in [0.15, 0.2) is 41.1 Å². The van der Waals surface area contributed by atoms with Gasteiger partial charge in [0.15, 0.2) is 0 Å². The number of nitrogens with zero attached hydrogens (tertiary/aromatic N) is 2. The van der Waals surface area contributed by atoms with Crippen molar-refractivity contribution in [3.05, 3.63) is 36.7 Å². The summed E-state index contributed by atoms with van der Waals surface area (Å²) in [5.41, 5.74) is 1.51. The van der Waals surface area contributed by atoms with Crippen molar-refractivity contribution in [2.75, 3.05) is 18.4 Å². The minimum atomic E-state index is -0.167. The topological polar surface area (TPSA) is 75.4 Å². The molecule has 1 aromatic carbocycles. The van der Waals surface area contributed by atoms with Gasteiger partial charge < -0.3 is 14.6 Å². The van der Waals surface area contributed by atoms with E-state index in [1.165, 1.54) is 6.26 Å². The molecule has 24 heavy (non-hydrogen) atoms. The van der Waals surface area contributed by atoms with E-state index in [9.17, 15) is 9.59 Å². The molecule has 1 atom stereocenters. The zero-order valence-corrected chi connectivity index (χ0v) is 13.7. The van der Waals surface area contributed by atoms with Crippen molar-refractivity contribution in [1.29, 1.82) is 0 Å². The number of nitrogens with one attached hydrogen (secondary N) is 1. The minimum absolute atomic E-state index is 0.0480. The zero-order valence-electron chi connectivity index (χ0n) is 13.7. The number of anilines is 1. The van der Waals surface area contributed by atoms with Gasteiger partial charge in [-0.3, -0.25) is 9.59 Å². The first-order valence-electron chi connectivity index (χ1n) is 8.26. The average Bonchev–Trinajstić information content (AvgIpc) is 3.16. The van der Waals surface area contributed by atoms with Crippen molar-refractivity contribution in [2.45, 2.75) is 26.2 Å². The Labute approximate surface area is 140 Å². The van der Waals surface area contributed by atoms with Gasteiger partial charge in [0.1, 0.15) is 6.26 Å². The van der Waals surface area contributed by atoms with Crippen LogP contribution in [0.1, 0.15) is 26.2 Å². The van der Waals surface area contributed by atoms with Gasteiger partial charge in [0.2, 0.25) is 17.7 Å². The maximum atomic E-state index is 12.5. The number of carbonyl (C=O) groups is 2. The molecule has 0 radical (unpaired) electrons. The Morgan fingerprint density at radius 1 is 1.42 bits per heavy atom. The lowest BCUT2D eigenvalue weighted by atomic mass is 9.96. The number of piperidine rings is 1. The first-order chi connectivity index (χ1) is 11.7. The van der Waals surface area contributed by atoms with Crippen molar-refractivity contribution in [2.24, 2.45) is 5.92 Å². The van der Waals surface area contributed by atoms with Crippen LogP contribution in [0, 0.1) is 5.92 Å². The summed E-state index contributed by atoms with van der Waals surface area (Å²) >= 11 is 0. The van der Waals surface area contributed by atoms with Crippen molar-refractivity contribution >= 4 is 17.5 Å². The number of hydrogen-bond donors (Lipinski definition) is 1. The Morgan fingerprint density at radius 2 is 2.29 bits per heavy atom. The number of oxazole rings is 1. The highest BCUT2D eigenvalue weighted by molar-refractivity contribution is 5.93. The van der Waals surface area contributed by atoms with Gasteiger partial charge in [0.05, 0.1) is 12.1 Å². The van der Waals surface area contributed by atoms with E-state index in [0.717, 1.165) is 24.9 Å². The van der Waals surface area contributed by atoms with Crippen LogP contribution in [0.2, 0.25) is 0 Å². The van der Waals surface area contributed by atoms with Crippen LogP contribution in [-0.2, 0) is 9.59 Å². The summed E-state index contributed by atoms with van der Waals surface area (Å²) < 4.78 is 5.28. The number of rotatable bonds is 4. The fourth-order valence-corrected chi connectivity index (χ4v) is 2.98. The van der Waals surface area contributed by atoms with Crippen molar-refractivity contribution < 1.29 is 14.0 Å². The van der Waals surface area contributed by atoms with Gasteiger partial charge in [-0.15, -0.1) is 0 Å². The molecule has 0 bridgehead atoms. The summed E-state index contributed by atoms with van der Waals surface area (Å²) in [5, 5.41) is 2.95. The highest BCUT2D eigenvalue weighted by Gasteiger charge is 2.27. The van der Waals surface area contributed by atoms with E-state index in [-0.39, 0.29) is 17.7 Å². The van der Waals surface area contributed by atoms with E-state index >= 15 is 0 Å². The number of aromatic nitrogens is 1. The van der Waals surface area contributed by atoms with E-state index in [1.54, 1.807) is 11.1 Å².